The Morgan fingerprint density at radius 2 is 1.81 bits per heavy atom. The Morgan fingerprint density at radius 3 is 2.44 bits per heavy atom. The van der Waals surface area contributed by atoms with Crippen molar-refractivity contribution in [1.29, 1.82) is 0 Å². The average Bonchev–Trinajstić information content (AvgIpc) is 3.34. The molecule has 11 heteroatoms. The van der Waals surface area contributed by atoms with Crippen LogP contribution in [0.5, 0.6) is 11.5 Å². The minimum absolute atomic E-state index is 0.0157. The van der Waals surface area contributed by atoms with Crippen molar-refractivity contribution in [3.05, 3.63) is 86.9 Å². The molecule has 190 valence electrons. The van der Waals surface area contributed by atoms with E-state index in [0.717, 1.165) is 11.3 Å². The van der Waals surface area contributed by atoms with Crippen LogP contribution >= 0.6 is 34.8 Å². The van der Waals surface area contributed by atoms with Gasteiger partial charge in [0.15, 0.2) is 0 Å². The first-order valence-corrected chi connectivity index (χ1v) is 13.7. The van der Waals surface area contributed by atoms with E-state index in [4.69, 9.17) is 44.3 Å². The number of sulfonamides is 1. The number of nitrogens with one attached hydrogen (secondary N) is 2. The molecule has 0 bridgehead atoms. The van der Waals surface area contributed by atoms with Gasteiger partial charge in [-0.25, -0.2) is 8.42 Å². The standard InChI is InChI=1S/C25H24Cl3N3O4S/c1-3-35-17-7-4-15(5-8-17)22-14-23(30-29-22)25(19-10-6-16(26)12-20(19)27)31-36(32,33)18-9-11-24(34-2)21(28)13-18/h4-13,22,25,29,31H,3,14H2,1-2H3. The Kier molecular flexibility index (Phi) is 8.32. The predicted molar refractivity (Wildman–Crippen MR) is 143 cm³/mol. The van der Waals surface area contributed by atoms with Crippen molar-refractivity contribution in [2.75, 3.05) is 13.7 Å². The summed E-state index contributed by atoms with van der Waals surface area (Å²) in [5.74, 6) is 1.15. The van der Waals surface area contributed by atoms with Gasteiger partial charge in [0.2, 0.25) is 10.0 Å². The van der Waals surface area contributed by atoms with E-state index in [1.807, 2.05) is 31.2 Å². The van der Waals surface area contributed by atoms with Crippen molar-refractivity contribution in [1.82, 2.24) is 10.1 Å². The molecular weight excluding hydrogens is 545 g/mol. The molecule has 0 saturated carbocycles. The van der Waals surface area contributed by atoms with E-state index in [1.54, 1.807) is 18.2 Å². The molecular formula is C25H24Cl3N3O4S. The Morgan fingerprint density at radius 1 is 1.06 bits per heavy atom. The van der Waals surface area contributed by atoms with Crippen LogP contribution in [0.3, 0.4) is 0 Å². The predicted octanol–water partition coefficient (Wildman–Crippen LogP) is 6.16. The number of hydrogen-bond donors (Lipinski definition) is 2. The fourth-order valence-corrected chi connectivity index (χ4v) is 5.95. The first kappa shape index (κ1) is 26.6. The molecule has 2 unspecified atom stereocenters. The van der Waals surface area contributed by atoms with E-state index in [0.29, 0.717) is 40.1 Å². The van der Waals surface area contributed by atoms with Gasteiger partial charge in [0.05, 0.1) is 41.4 Å². The van der Waals surface area contributed by atoms with Crippen molar-refractivity contribution in [2.24, 2.45) is 5.10 Å². The molecule has 3 aromatic rings. The average molecular weight is 569 g/mol. The maximum Gasteiger partial charge on any atom is 0.241 e. The van der Waals surface area contributed by atoms with Crippen LogP contribution in [0.1, 0.15) is 36.6 Å². The number of hydrazone groups is 1. The van der Waals surface area contributed by atoms with Gasteiger partial charge in [-0.2, -0.15) is 9.82 Å². The summed E-state index contributed by atoms with van der Waals surface area (Å²) < 4.78 is 40.2. The molecule has 1 heterocycles. The van der Waals surface area contributed by atoms with Crippen molar-refractivity contribution >= 4 is 50.5 Å². The molecule has 0 spiro atoms. The van der Waals surface area contributed by atoms with Crippen LogP contribution in [0.4, 0.5) is 0 Å². The van der Waals surface area contributed by atoms with Crippen LogP contribution in [0.2, 0.25) is 15.1 Å². The second kappa shape index (κ2) is 11.3. The Bertz CT molecular complexity index is 1380. The van der Waals surface area contributed by atoms with Crippen LogP contribution in [-0.4, -0.2) is 27.8 Å². The highest BCUT2D eigenvalue weighted by atomic mass is 35.5. The number of methoxy groups -OCH3 is 1. The Balaban J connectivity index is 1.64. The van der Waals surface area contributed by atoms with Gasteiger partial charge in [-0.1, -0.05) is 53.0 Å². The fourth-order valence-electron chi connectivity index (χ4n) is 3.88. The summed E-state index contributed by atoms with van der Waals surface area (Å²) in [4.78, 5) is -0.0157. The van der Waals surface area contributed by atoms with Crippen LogP contribution in [0.25, 0.3) is 0 Å². The minimum atomic E-state index is -4.02. The van der Waals surface area contributed by atoms with Crippen molar-refractivity contribution < 1.29 is 17.9 Å². The Hall–Kier alpha value is -2.49. The topological polar surface area (TPSA) is 89.0 Å². The number of hydrogen-bond acceptors (Lipinski definition) is 6. The van der Waals surface area contributed by atoms with Gasteiger partial charge in [-0.3, -0.25) is 0 Å². The van der Waals surface area contributed by atoms with Crippen molar-refractivity contribution in [3.8, 4) is 11.5 Å². The maximum atomic E-state index is 13.4. The van der Waals surface area contributed by atoms with Crippen molar-refractivity contribution in [3.63, 3.8) is 0 Å². The lowest BCUT2D eigenvalue weighted by Gasteiger charge is -2.21. The molecule has 0 saturated heterocycles. The van der Waals surface area contributed by atoms with E-state index in [2.05, 4.69) is 15.2 Å². The summed E-state index contributed by atoms with van der Waals surface area (Å²) in [6.07, 6.45) is 0.448. The molecule has 4 rings (SSSR count). The zero-order valence-corrected chi connectivity index (χ0v) is 22.5. The van der Waals surface area contributed by atoms with Crippen LogP contribution in [-0.2, 0) is 10.0 Å². The van der Waals surface area contributed by atoms with Gasteiger partial charge in [0, 0.05) is 16.5 Å². The quantitative estimate of drug-likeness (QED) is 0.323. The molecule has 0 aromatic heterocycles. The van der Waals surface area contributed by atoms with E-state index in [-0.39, 0.29) is 16.0 Å². The lowest BCUT2D eigenvalue weighted by Crippen LogP contribution is -2.33. The molecule has 3 aromatic carbocycles. The number of halogens is 3. The second-order valence-electron chi connectivity index (χ2n) is 8.01. The molecule has 0 fully saturated rings. The van der Waals surface area contributed by atoms with E-state index in [1.165, 1.54) is 25.3 Å². The van der Waals surface area contributed by atoms with E-state index in [9.17, 15) is 8.42 Å². The Labute approximate surface area is 225 Å². The van der Waals surface area contributed by atoms with E-state index >= 15 is 0 Å². The van der Waals surface area contributed by atoms with Crippen molar-refractivity contribution in [2.45, 2.75) is 30.3 Å². The molecule has 36 heavy (non-hydrogen) atoms. The molecule has 0 aliphatic carbocycles. The zero-order valence-electron chi connectivity index (χ0n) is 19.5. The van der Waals surface area contributed by atoms with Gasteiger partial charge in [-0.05, 0) is 60.5 Å². The lowest BCUT2D eigenvalue weighted by atomic mass is 9.96. The van der Waals surface area contributed by atoms with Gasteiger partial charge in [0.25, 0.3) is 0 Å². The normalized spacial score (nSPS) is 16.2. The number of rotatable bonds is 9. The fraction of sp³-hybridized carbons (Fsp3) is 0.240. The second-order valence-corrected chi connectivity index (χ2v) is 11.0. The first-order valence-electron chi connectivity index (χ1n) is 11.1. The monoisotopic (exact) mass is 567 g/mol. The smallest absolute Gasteiger partial charge is 0.241 e. The SMILES string of the molecule is CCOc1ccc(C2CC(C(NS(=O)(=O)c3ccc(OC)c(Cl)c3)c3ccc(Cl)cc3Cl)=NN2)cc1. The molecule has 0 radical (unpaired) electrons. The summed E-state index contributed by atoms with van der Waals surface area (Å²) in [7, 11) is -2.56. The maximum absolute atomic E-state index is 13.4. The van der Waals surface area contributed by atoms with Crippen LogP contribution in [0, 0.1) is 0 Å². The van der Waals surface area contributed by atoms with Gasteiger partial charge >= 0.3 is 0 Å². The third-order valence-corrected chi connectivity index (χ3v) is 7.96. The summed E-state index contributed by atoms with van der Waals surface area (Å²) in [6, 6.07) is 15.9. The van der Waals surface area contributed by atoms with Gasteiger partial charge < -0.3 is 14.9 Å². The molecule has 1 aliphatic rings. The number of ether oxygens (including phenoxy) is 2. The molecule has 0 amide bonds. The first-order chi connectivity index (χ1) is 17.2. The number of nitrogens with zero attached hydrogens (tertiary/aromatic N) is 1. The summed E-state index contributed by atoms with van der Waals surface area (Å²) in [6.45, 7) is 2.51. The van der Waals surface area contributed by atoms with Crippen LogP contribution < -0.4 is 19.6 Å². The molecule has 2 N–H and O–H groups in total. The van der Waals surface area contributed by atoms with Gasteiger partial charge in [-0.15, -0.1) is 0 Å². The van der Waals surface area contributed by atoms with Gasteiger partial charge in [0.1, 0.15) is 11.5 Å². The number of benzene rings is 3. The third kappa shape index (κ3) is 5.90. The highest BCUT2D eigenvalue weighted by Crippen LogP contribution is 2.34. The largest absolute Gasteiger partial charge is 0.495 e. The lowest BCUT2D eigenvalue weighted by molar-refractivity contribution is 0.340. The summed E-state index contributed by atoms with van der Waals surface area (Å²) in [5, 5.41) is 5.41. The summed E-state index contributed by atoms with van der Waals surface area (Å²) >= 11 is 18.8. The molecule has 2 atom stereocenters. The third-order valence-electron chi connectivity index (χ3n) is 5.68. The molecule has 7 nitrogen and oxygen atoms in total. The highest BCUT2D eigenvalue weighted by molar-refractivity contribution is 7.89. The minimum Gasteiger partial charge on any atom is -0.495 e. The van der Waals surface area contributed by atoms with E-state index < -0.39 is 16.1 Å². The summed E-state index contributed by atoms with van der Waals surface area (Å²) in [5.41, 5.74) is 5.20. The highest BCUT2D eigenvalue weighted by Gasteiger charge is 2.32. The zero-order chi connectivity index (χ0) is 25.9. The van der Waals surface area contributed by atoms with Crippen LogP contribution in [0.15, 0.2) is 70.7 Å². The molecule has 1 aliphatic heterocycles.